The van der Waals surface area contributed by atoms with Gasteiger partial charge in [0.2, 0.25) is 0 Å². The fourth-order valence-electron chi connectivity index (χ4n) is 1.29. The number of phenolic OH excluding ortho intramolecular Hbond substituents is 1. The molecule has 2 N–H and O–H groups in total. The summed E-state index contributed by atoms with van der Waals surface area (Å²) in [6.07, 6.45) is 2.85. The van der Waals surface area contributed by atoms with Crippen molar-refractivity contribution in [1.29, 1.82) is 0 Å². The van der Waals surface area contributed by atoms with E-state index in [-0.39, 0.29) is 11.7 Å². The molecular formula is C12H11NO3. The van der Waals surface area contributed by atoms with Crippen molar-refractivity contribution in [3.63, 3.8) is 0 Å². The quantitative estimate of drug-likeness (QED) is 0.825. The summed E-state index contributed by atoms with van der Waals surface area (Å²) in [7, 11) is 0. The zero-order valence-electron chi connectivity index (χ0n) is 8.51. The molecule has 0 saturated carbocycles. The molecule has 1 amide bonds. The molecule has 2 aromatic rings. The van der Waals surface area contributed by atoms with Gasteiger partial charge in [-0.1, -0.05) is 12.1 Å². The number of hydrogen-bond acceptors (Lipinski definition) is 3. The third-order valence-corrected chi connectivity index (χ3v) is 2.17. The number of rotatable bonds is 3. The summed E-state index contributed by atoms with van der Waals surface area (Å²) < 4.78 is 4.81. The van der Waals surface area contributed by atoms with Crippen molar-refractivity contribution in [3.8, 4) is 5.75 Å². The number of hydrogen-bond donors (Lipinski definition) is 2. The van der Waals surface area contributed by atoms with E-state index in [0.29, 0.717) is 12.1 Å². The Hall–Kier alpha value is -2.23. The number of amides is 1. The minimum atomic E-state index is -0.179. The van der Waals surface area contributed by atoms with Crippen LogP contribution in [0.5, 0.6) is 5.75 Å². The molecule has 0 fully saturated rings. The van der Waals surface area contributed by atoms with Crippen LogP contribution in [-0.4, -0.2) is 11.0 Å². The van der Waals surface area contributed by atoms with Gasteiger partial charge >= 0.3 is 0 Å². The molecule has 0 aliphatic rings. The monoisotopic (exact) mass is 217 g/mol. The molecule has 82 valence electrons. The minimum absolute atomic E-state index is 0.179. The van der Waals surface area contributed by atoms with Crippen molar-refractivity contribution < 1.29 is 14.3 Å². The standard InChI is InChI=1S/C12H11NO3/c14-11-3-1-9(2-4-11)7-13-12(15)10-5-6-16-8-10/h1-6,8,14H,7H2,(H,13,15). The van der Waals surface area contributed by atoms with Gasteiger partial charge in [-0.15, -0.1) is 0 Å². The van der Waals surface area contributed by atoms with Gasteiger partial charge in [-0.25, -0.2) is 0 Å². The zero-order chi connectivity index (χ0) is 11.4. The van der Waals surface area contributed by atoms with Crippen LogP contribution in [0.15, 0.2) is 47.3 Å². The Morgan fingerprint density at radius 2 is 2.00 bits per heavy atom. The van der Waals surface area contributed by atoms with E-state index in [0.717, 1.165) is 5.56 Å². The highest BCUT2D eigenvalue weighted by Crippen LogP contribution is 2.09. The van der Waals surface area contributed by atoms with E-state index in [9.17, 15) is 4.79 Å². The summed E-state index contributed by atoms with van der Waals surface area (Å²) in [5.74, 6) is 0.0340. The van der Waals surface area contributed by atoms with E-state index in [4.69, 9.17) is 9.52 Å². The van der Waals surface area contributed by atoms with Gasteiger partial charge in [-0.2, -0.15) is 0 Å². The van der Waals surface area contributed by atoms with E-state index in [1.807, 2.05) is 0 Å². The summed E-state index contributed by atoms with van der Waals surface area (Å²) in [4.78, 5) is 11.5. The molecule has 0 bridgehead atoms. The molecular weight excluding hydrogens is 206 g/mol. The molecule has 16 heavy (non-hydrogen) atoms. The normalized spacial score (nSPS) is 10.0. The fraction of sp³-hybridized carbons (Fsp3) is 0.0833. The van der Waals surface area contributed by atoms with Gasteiger partial charge in [0.05, 0.1) is 11.8 Å². The lowest BCUT2D eigenvalue weighted by atomic mass is 10.2. The van der Waals surface area contributed by atoms with Crippen molar-refractivity contribution in [2.24, 2.45) is 0 Å². The highest BCUT2D eigenvalue weighted by atomic mass is 16.3. The zero-order valence-corrected chi connectivity index (χ0v) is 8.51. The lowest BCUT2D eigenvalue weighted by molar-refractivity contribution is 0.0950. The molecule has 1 aromatic heterocycles. The largest absolute Gasteiger partial charge is 0.508 e. The van der Waals surface area contributed by atoms with Crippen LogP contribution in [0.1, 0.15) is 15.9 Å². The molecule has 0 radical (unpaired) electrons. The second kappa shape index (κ2) is 4.53. The predicted octanol–water partition coefficient (Wildman–Crippen LogP) is 1.92. The Morgan fingerprint density at radius 1 is 1.25 bits per heavy atom. The Balaban J connectivity index is 1.93. The first kappa shape index (κ1) is 10.3. The topological polar surface area (TPSA) is 62.5 Å². The number of benzene rings is 1. The fourth-order valence-corrected chi connectivity index (χ4v) is 1.29. The highest BCUT2D eigenvalue weighted by Gasteiger charge is 2.05. The number of carbonyl (C=O) groups excluding carboxylic acids is 1. The van der Waals surface area contributed by atoms with Gasteiger partial charge in [-0.05, 0) is 23.8 Å². The van der Waals surface area contributed by atoms with Crippen LogP contribution in [0.2, 0.25) is 0 Å². The second-order valence-corrected chi connectivity index (χ2v) is 3.36. The maximum Gasteiger partial charge on any atom is 0.254 e. The van der Waals surface area contributed by atoms with Crippen LogP contribution in [0, 0.1) is 0 Å². The number of carbonyl (C=O) groups is 1. The Morgan fingerprint density at radius 3 is 2.62 bits per heavy atom. The smallest absolute Gasteiger partial charge is 0.254 e. The summed E-state index contributed by atoms with van der Waals surface area (Å²) in [6, 6.07) is 8.28. The maximum absolute atomic E-state index is 11.5. The molecule has 0 atom stereocenters. The summed E-state index contributed by atoms with van der Waals surface area (Å²) >= 11 is 0. The lowest BCUT2D eigenvalue weighted by Gasteiger charge is -2.03. The third kappa shape index (κ3) is 2.42. The van der Waals surface area contributed by atoms with E-state index < -0.39 is 0 Å². The van der Waals surface area contributed by atoms with Crippen LogP contribution in [-0.2, 0) is 6.54 Å². The van der Waals surface area contributed by atoms with Crippen LogP contribution in [0.4, 0.5) is 0 Å². The number of nitrogens with one attached hydrogen (secondary N) is 1. The Labute approximate surface area is 92.5 Å². The molecule has 2 rings (SSSR count). The highest BCUT2D eigenvalue weighted by molar-refractivity contribution is 5.93. The molecule has 4 heteroatoms. The number of furan rings is 1. The first-order valence-corrected chi connectivity index (χ1v) is 4.84. The average molecular weight is 217 g/mol. The average Bonchev–Trinajstić information content (AvgIpc) is 2.81. The molecule has 0 saturated heterocycles. The van der Waals surface area contributed by atoms with Crippen molar-refractivity contribution in [1.82, 2.24) is 5.32 Å². The lowest BCUT2D eigenvalue weighted by Crippen LogP contribution is -2.22. The van der Waals surface area contributed by atoms with Gasteiger partial charge in [0.15, 0.2) is 0 Å². The van der Waals surface area contributed by atoms with Gasteiger partial charge in [-0.3, -0.25) is 4.79 Å². The van der Waals surface area contributed by atoms with Gasteiger partial charge in [0, 0.05) is 6.54 Å². The maximum atomic E-state index is 11.5. The van der Waals surface area contributed by atoms with Crippen LogP contribution < -0.4 is 5.32 Å². The molecule has 0 unspecified atom stereocenters. The molecule has 0 aliphatic heterocycles. The predicted molar refractivity (Wildman–Crippen MR) is 58.0 cm³/mol. The van der Waals surface area contributed by atoms with E-state index >= 15 is 0 Å². The van der Waals surface area contributed by atoms with Gasteiger partial charge in [0.25, 0.3) is 5.91 Å². The van der Waals surface area contributed by atoms with E-state index in [1.54, 1.807) is 30.3 Å². The van der Waals surface area contributed by atoms with Crippen molar-refractivity contribution in [2.75, 3.05) is 0 Å². The van der Waals surface area contributed by atoms with Crippen LogP contribution in [0.25, 0.3) is 0 Å². The van der Waals surface area contributed by atoms with Crippen molar-refractivity contribution in [3.05, 3.63) is 54.0 Å². The SMILES string of the molecule is O=C(NCc1ccc(O)cc1)c1ccoc1. The van der Waals surface area contributed by atoms with Crippen molar-refractivity contribution >= 4 is 5.91 Å². The van der Waals surface area contributed by atoms with Crippen molar-refractivity contribution in [2.45, 2.75) is 6.54 Å². The van der Waals surface area contributed by atoms with Crippen LogP contribution >= 0.6 is 0 Å². The Bertz CT molecular complexity index is 460. The first-order valence-electron chi connectivity index (χ1n) is 4.84. The molecule has 0 aliphatic carbocycles. The van der Waals surface area contributed by atoms with Gasteiger partial charge < -0.3 is 14.8 Å². The summed E-state index contributed by atoms with van der Waals surface area (Å²) in [5.41, 5.74) is 1.42. The number of aromatic hydroxyl groups is 1. The Kier molecular flexibility index (Phi) is 2.91. The molecule has 4 nitrogen and oxygen atoms in total. The second-order valence-electron chi connectivity index (χ2n) is 3.36. The molecule has 1 aromatic carbocycles. The third-order valence-electron chi connectivity index (χ3n) is 2.17. The van der Waals surface area contributed by atoms with E-state index in [2.05, 4.69) is 5.32 Å². The summed E-state index contributed by atoms with van der Waals surface area (Å²) in [6.45, 7) is 0.421. The first-order chi connectivity index (χ1) is 7.75. The van der Waals surface area contributed by atoms with Gasteiger partial charge in [0.1, 0.15) is 12.0 Å². The minimum Gasteiger partial charge on any atom is -0.508 e. The number of phenols is 1. The molecule has 1 heterocycles. The van der Waals surface area contributed by atoms with Crippen LogP contribution in [0.3, 0.4) is 0 Å². The van der Waals surface area contributed by atoms with E-state index in [1.165, 1.54) is 12.5 Å². The summed E-state index contributed by atoms with van der Waals surface area (Å²) in [5, 5.41) is 11.8. The molecule has 0 spiro atoms.